The van der Waals surface area contributed by atoms with Crippen LogP contribution < -0.4 is 0 Å². The van der Waals surface area contributed by atoms with Crippen LogP contribution in [-0.2, 0) is 9.84 Å². The van der Waals surface area contributed by atoms with Gasteiger partial charge < -0.3 is 0 Å². The van der Waals surface area contributed by atoms with Crippen molar-refractivity contribution >= 4 is 22.2 Å². The number of nitrogens with zero attached hydrogens (tertiary/aromatic N) is 2. The average Bonchev–Trinajstić information content (AvgIpc) is 2.53. The maximum absolute atomic E-state index is 12.3. The maximum Gasteiger partial charge on any atom is 0.233 e. The van der Waals surface area contributed by atoms with Crippen molar-refractivity contribution in [3.05, 3.63) is 64.7 Å². The van der Waals surface area contributed by atoms with Gasteiger partial charge in [0.05, 0.1) is 0 Å². The minimum Gasteiger partial charge on any atom is -0.298 e. The first-order valence-electron chi connectivity index (χ1n) is 5.91. The molecule has 0 aliphatic carbocycles. The largest absolute Gasteiger partial charge is 0.298 e. The third-order valence-corrected chi connectivity index (χ3v) is 4.26. The minimum absolute atomic E-state index is 0.178. The Bertz CT molecular complexity index is 817. The van der Waals surface area contributed by atoms with Gasteiger partial charge in [-0.1, -0.05) is 30.3 Å². The molecule has 0 N–H and O–H groups in total. The van der Waals surface area contributed by atoms with Crippen LogP contribution in [0.5, 0.6) is 0 Å². The van der Waals surface area contributed by atoms with Crippen molar-refractivity contribution in [1.82, 2.24) is 4.98 Å². The molecule has 2 rings (SSSR count). The highest BCUT2D eigenvalue weighted by atomic mass is 32.2. The molecule has 0 spiro atoms. The molecule has 2 aromatic rings. The zero-order valence-corrected chi connectivity index (χ0v) is 11.6. The molecule has 0 aliphatic heterocycles. The molecule has 0 aliphatic rings. The Morgan fingerprint density at radius 1 is 1.10 bits per heavy atom. The predicted molar refractivity (Wildman–Crippen MR) is 76.8 cm³/mol. The number of hydrogen-bond acceptors (Lipinski definition) is 5. The first kappa shape index (κ1) is 14.6. The van der Waals surface area contributed by atoms with Crippen LogP contribution in [0.25, 0.3) is 6.08 Å². The first-order valence-corrected chi connectivity index (χ1v) is 7.39. The topological polar surface area (TPSA) is 87.9 Å². The van der Waals surface area contributed by atoms with Crippen LogP contribution in [-0.4, -0.2) is 19.7 Å². The number of carbonyl (C=O) groups is 1. The van der Waals surface area contributed by atoms with Crippen molar-refractivity contribution in [3.63, 3.8) is 0 Å². The predicted octanol–water partition coefficient (Wildman–Crippen LogP) is 2.23. The summed E-state index contributed by atoms with van der Waals surface area (Å²) in [5, 5.41) is 8.93. The van der Waals surface area contributed by atoms with Crippen molar-refractivity contribution in [2.45, 2.75) is 5.03 Å². The van der Waals surface area contributed by atoms with Crippen LogP contribution in [0.2, 0.25) is 0 Å². The monoisotopic (exact) mass is 298 g/mol. The molecular weight excluding hydrogens is 288 g/mol. The van der Waals surface area contributed by atoms with Crippen LogP contribution in [0.3, 0.4) is 0 Å². The van der Waals surface area contributed by atoms with E-state index >= 15 is 0 Å². The molecular formula is C15H10N2O3S. The number of nitriles is 1. The molecule has 0 amide bonds. The van der Waals surface area contributed by atoms with Crippen LogP contribution in [0.1, 0.15) is 15.9 Å². The zero-order valence-electron chi connectivity index (χ0n) is 10.8. The molecule has 0 unspecified atom stereocenters. The van der Waals surface area contributed by atoms with Gasteiger partial charge in [-0.2, -0.15) is 5.26 Å². The van der Waals surface area contributed by atoms with Gasteiger partial charge in [0.25, 0.3) is 0 Å². The molecule has 1 aromatic heterocycles. The third kappa shape index (κ3) is 3.22. The van der Waals surface area contributed by atoms with E-state index in [1.165, 1.54) is 24.4 Å². The van der Waals surface area contributed by atoms with Crippen LogP contribution >= 0.6 is 0 Å². The summed E-state index contributed by atoms with van der Waals surface area (Å²) in [5.74, 6) is 0. The summed E-state index contributed by atoms with van der Waals surface area (Å²) in [6, 6.07) is 12.4. The van der Waals surface area contributed by atoms with Gasteiger partial charge in [-0.15, -0.1) is 0 Å². The van der Waals surface area contributed by atoms with E-state index in [-0.39, 0.29) is 5.03 Å². The quantitative estimate of drug-likeness (QED) is 0.638. The lowest BCUT2D eigenvalue weighted by Gasteiger charge is -2.02. The van der Waals surface area contributed by atoms with Crippen molar-refractivity contribution in [2.24, 2.45) is 0 Å². The lowest BCUT2D eigenvalue weighted by molar-refractivity contribution is 0.112. The molecule has 0 saturated heterocycles. The fraction of sp³-hybridized carbons (Fsp3) is 0. The summed E-state index contributed by atoms with van der Waals surface area (Å²) in [7, 11) is -3.95. The SMILES string of the molecule is N#CC(=Cc1ccc(C=O)cc1)S(=O)(=O)c1ccccn1. The van der Waals surface area contributed by atoms with Gasteiger partial charge in [0.15, 0.2) is 9.93 Å². The number of allylic oxidation sites excluding steroid dienone is 1. The number of aromatic nitrogens is 1. The summed E-state index contributed by atoms with van der Waals surface area (Å²) in [4.78, 5) is 13.9. The normalized spacial score (nSPS) is 11.7. The number of pyridine rings is 1. The number of aldehydes is 1. The van der Waals surface area contributed by atoms with Crippen molar-refractivity contribution < 1.29 is 13.2 Å². The van der Waals surface area contributed by atoms with Gasteiger partial charge in [-0.25, -0.2) is 13.4 Å². The Kier molecular flexibility index (Phi) is 4.26. The first-order chi connectivity index (χ1) is 10.1. The summed E-state index contributed by atoms with van der Waals surface area (Å²) >= 11 is 0. The Labute approximate surface area is 122 Å². The minimum atomic E-state index is -3.95. The molecule has 5 nitrogen and oxygen atoms in total. The van der Waals surface area contributed by atoms with Crippen LogP contribution in [0.15, 0.2) is 58.6 Å². The van der Waals surface area contributed by atoms with Crippen LogP contribution in [0, 0.1) is 11.3 Å². The van der Waals surface area contributed by atoms with Crippen LogP contribution in [0.4, 0.5) is 0 Å². The highest BCUT2D eigenvalue weighted by Gasteiger charge is 2.21. The Morgan fingerprint density at radius 3 is 2.29 bits per heavy atom. The fourth-order valence-corrected chi connectivity index (χ4v) is 2.70. The van der Waals surface area contributed by atoms with Gasteiger partial charge in [-0.05, 0) is 23.8 Å². The number of carbonyl (C=O) groups excluding carboxylic acids is 1. The summed E-state index contributed by atoms with van der Waals surface area (Å²) < 4.78 is 24.6. The van der Waals surface area contributed by atoms with Crippen molar-refractivity contribution in [2.75, 3.05) is 0 Å². The van der Waals surface area contributed by atoms with E-state index in [1.807, 2.05) is 0 Å². The molecule has 104 valence electrons. The summed E-state index contributed by atoms with van der Waals surface area (Å²) in [6.07, 6.45) is 3.28. The van der Waals surface area contributed by atoms with Crippen molar-refractivity contribution in [1.29, 1.82) is 5.26 Å². The van der Waals surface area contributed by atoms with E-state index in [0.29, 0.717) is 17.4 Å². The van der Waals surface area contributed by atoms with E-state index in [9.17, 15) is 13.2 Å². The standard InChI is InChI=1S/C15H10N2O3S/c16-10-14(9-12-4-6-13(11-18)7-5-12)21(19,20)15-3-1-2-8-17-15/h1-9,11H. The highest BCUT2D eigenvalue weighted by molar-refractivity contribution is 7.95. The van der Waals surface area contributed by atoms with Crippen molar-refractivity contribution in [3.8, 4) is 6.07 Å². The molecule has 0 radical (unpaired) electrons. The molecule has 1 heterocycles. The van der Waals surface area contributed by atoms with Gasteiger partial charge >= 0.3 is 0 Å². The number of rotatable bonds is 4. The summed E-state index contributed by atoms with van der Waals surface area (Å²) in [6.45, 7) is 0. The van der Waals surface area contributed by atoms with Gasteiger partial charge in [0.2, 0.25) is 9.84 Å². The highest BCUT2D eigenvalue weighted by Crippen LogP contribution is 2.19. The average molecular weight is 298 g/mol. The summed E-state index contributed by atoms with van der Waals surface area (Å²) in [5.41, 5.74) is 0.981. The molecule has 6 heteroatoms. The molecule has 0 bridgehead atoms. The maximum atomic E-state index is 12.3. The van der Waals surface area contributed by atoms with E-state index in [2.05, 4.69) is 4.98 Å². The van der Waals surface area contributed by atoms with Gasteiger partial charge in [0.1, 0.15) is 12.4 Å². The number of sulfone groups is 1. The van der Waals surface area contributed by atoms with E-state index in [4.69, 9.17) is 5.26 Å². The van der Waals surface area contributed by atoms with E-state index in [1.54, 1.807) is 36.4 Å². The molecule has 1 aromatic carbocycles. The number of hydrogen-bond donors (Lipinski definition) is 0. The molecule has 0 atom stereocenters. The molecule has 0 fully saturated rings. The Morgan fingerprint density at radius 2 is 1.76 bits per heavy atom. The lowest BCUT2D eigenvalue weighted by Crippen LogP contribution is -2.05. The fourth-order valence-electron chi connectivity index (χ4n) is 1.61. The lowest BCUT2D eigenvalue weighted by atomic mass is 10.1. The third-order valence-electron chi connectivity index (χ3n) is 2.68. The second-order valence-electron chi connectivity index (χ2n) is 4.08. The van der Waals surface area contributed by atoms with E-state index < -0.39 is 14.7 Å². The second-order valence-corrected chi connectivity index (χ2v) is 5.94. The zero-order chi connectivity index (χ0) is 15.3. The number of benzene rings is 1. The second kappa shape index (κ2) is 6.11. The Balaban J connectivity index is 2.46. The smallest absolute Gasteiger partial charge is 0.233 e. The molecule has 21 heavy (non-hydrogen) atoms. The van der Waals surface area contributed by atoms with E-state index in [0.717, 1.165) is 0 Å². The van der Waals surface area contributed by atoms with Gasteiger partial charge in [0, 0.05) is 11.8 Å². The Hall–Kier alpha value is -2.78. The van der Waals surface area contributed by atoms with Gasteiger partial charge in [-0.3, -0.25) is 4.79 Å². The molecule has 0 saturated carbocycles.